The Balaban J connectivity index is 0.000001000. The van der Waals surface area contributed by atoms with Crippen LogP contribution < -0.4 is 0 Å². The normalized spacial score (nSPS) is 31.1. The van der Waals surface area contributed by atoms with Gasteiger partial charge in [-0.25, -0.2) is 8.78 Å². The minimum Gasteiger partial charge on any atom is -0.387 e. The van der Waals surface area contributed by atoms with Gasteiger partial charge in [-0.2, -0.15) is 0 Å². The van der Waals surface area contributed by atoms with Crippen LogP contribution in [0.25, 0.3) is 0 Å². The molecule has 1 rings (SSSR count). The molecule has 11 heavy (non-hydrogen) atoms. The Hall–Kier alpha value is 0.0700. The van der Waals surface area contributed by atoms with Crippen LogP contribution in [0.4, 0.5) is 8.78 Å². The number of nitrogens with zero attached hydrogens (tertiary/aromatic N) is 1. The Morgan fingerprint density at radius 3 is 2.45 bits per heavy atom. The van der Waals surface area contributed by atoms with E-state index in [-0.39, 0.29) is 25.4 Å². The standard InChI is InChI=1S/C6H11F2NO.ClH/c1-9-3-2-5(10)6(7,8)4-9;/h5,10H,2-4H2,1H3;1H/t5-;/m0./s1. The zero-order valence-corrected chi connectivity index (χ0v) is 7.07. The maximum Gasteiger partial charge on any atom is 0.285 e. The van der Waals surface area contributed by atoms with Crippen molar-refractivity contribution in [2.45, 2.75) is 18.4 Å². The third-order valence-electron chi connectivity index (χ3n) is 1.75. The van der Waals surface area contributed by atoms with E-state index in [0.29, 0.717) is 6.54 Å². The van der Waals surface area contributed by atoms with E-state index in [0.717, 1.165) is 0 Å². The SMILES string of the molecule is CN1CC[C@H](O)C(F)(F)C1.Cl. The van der Waals surface area contributed by atoms with Gasteiger partial charge in [-0.1, -0.05) is 0 Å². The molecule has 68 valence electrons. The molecule has 1 atom stereocenters. The van der Waals surface area contributed by atoms with Gasteiger partial charge in [0.1, 0.15) is 6.10 Å². The Kier molecular flexibility index (Phi) is 3.67. The highest BCUT2D eigenvalue weighted by Crippen LogP contribution is 2.25. The third kappa shape index (κ3) is 2.54. The molecule has 0 spiro atoms. The molecule has 1 fully saturated rings. The lowest BCUT2D eigenvalue weighted by molar-refractivity contribution is -0.145. The number of alkyl halides is 2. The van der Waals surface area contributed by atoms with E-state index in [1.165, 1.54) is 4.90 Å². The lowest BCUT2D eigenvalue weighted by atomic mass is 10.1. The number of rotatable bonds is 0. The zero-order chi connectivity index (χ0) is 7.78. The van der Waals surface area contributed by atoms with E-state index < -0.39 is 12.0 Å². The second-order valence-corrected chi connectivity index (χ2v) is 2.80. The average molecular weight is 188 g/mol. The highest BCUT2D eigenvalue weighted by Gasteiger charge is 2.42. The molecule has 1 saturated heterocycles. The fraction of sp³-hybridized carbons (Fsp3) is 1.00. The molecule has 0 unspecified atom stereocenters. The Labute approximate surface area is 70.6 Å². The number of hydrogen-bond acceptors (Lipinski definition) is 2. The topological polar surface area (TPSA) is 23.5 Å². The molecular weight excluding hydrogens is 176 g/mol. The third-order valence-corrected chi connectivity index (χ3v) is 1.75. The molecule has 5 heteroatoms. The molecule has 0 saturated carbocycles. The molecule has 0 bridgehead atoms. The van der Waals surface area contributed by atoms with Crippen molar-refractivity contribution in [3.8, 4) is 0 Å². The van der Waals surface area contributed by atoms with E-state index in [1.807, 2.05) is 0 Å². The van der Waals surface area contributed by atoms with Gasteiger partial charge in [0.25, 0.3) is 5.92 Å². The van der Waals surface area contributed by atoms with Crippen LogP contribution in [0.1, 0.15) is 6.42 Å². The summed E-state index contributed by atoms with van der Waals surface area (Å²) in [6.45, 7) is 0.227. The van der Waals surface area contributed by atoms with Crippen LogP contribution in [0.15, 0.2) is 0 Å². The fourth-order valence-electron chi connectivity index (χ4n) is 1.10. The van der Waals surface area contributed by atoms with Gasteiger partial charge < -0.3 is 10.0 Å². The van der Waals surface area contributed by atoms with E-state index in [4.69, 9.17) is 5.11 Å². The summed E-state index contributed by atoms with van der Waals surface area (Å²) in [6.07, 6.45) is -1.27. The zero-order valence-electron chi connectivity index (χ0n) is 6.26. The Morgan fingerprint density at radius 1 is 1.55 bits per heavy atom. The van der Waals surface area contributed by atoms with Crippen molar-refractivity contribution in [1.29, 1.82) is 0 Å². The smallest absolute Gasteiger partial charge is 0.285 e. The van der Waals surface area contributed by atoms with Crippen LogP contribution in [-0.4, -0.2) is 42.2 Å². The highest BCUT2D eigenvalue weighted by atomic mass is 35.5. The second kappa shape index (κ2) is 3.65. The van der Waals surface area contributed by atoms with Gasteiger partial charge in [-0.3, -0.25) is 0 Å². The molecule has 1 heterocycles. The number of halogens is 3. The Morgan fingerprint density at radius 2 is 2.09 bits per heavy atom. The van der Waals surface area contributed by atoms with Gasteiger partial charge >= 0.3 is 0 Å². The average Bonchev–Trinajstić information content (AvgIpc) is 1.78. The molecule has 0 aromatic heterocycles. The molecule has 0 aliphatic carbocycles. The minimum atomic E-state index is -2.91. The van der Waals surface area contributed by atoms with Crippen molar-refractivity contribution in [3.63, 3.8) is 0 Å². The van der Waals surface area contributed by atoms with Gasteiger partial charge in [0.05, 0.1) is 6.54 Å². The lowest BCUT2D eigenvalue weighted by Gasteiger charge is -2.33. The maximum atomic E-state index is 12.6. The molecular formula is C6H12ClF2NO. The summed E-state index contributed by atoms with van der Waals surface area (Å²) in [5.41, 5.74) is 0. The van der Waals surface area contributed by atoms with Crippen molar-refractivity contribution >= 4 is 12.4 Å². The molecule has 2 nitrogen and oxygen atoms in total. The fourth-order valence-corrected chi connectivity index (χ4v) is 1.10. The van der Waals surface area contributed by atoms with Crippen LogP contribution in [-0.2, 0) is 0 Å². The van der Waals surface area contributed by atoms with Gasteiger partial charge in [0, 0.05) is 6.54 Å². The number of piperidine rings is 1. The highest BCUT2D eigenvalue weighted by molar-refractivity contribution is 5.85. The van der Waals surface area contributed by atoms with Crippen molar-refractivity contribution in [1.82, 2.24) is 4.90 Å². The summed E-state index contributed by atoms with van der Waals surface area (Å²) in [6, 6.07) is 0. The summed E-state index contributed by atoms with van der Waals surface area (Å²) in [5, 5.41) is 8.78. The van der Waals surface area contributed by atoms with E-state index >= 15 is 0 Å². The first-order chi connectivity index (χ1) is 4.52. The van der Waals surface area contributed by atoms with E-state index in [1.54, 1.807) is 7.05 Å². The van der Waals surface area contributed by atoms with Crippen LogP contribution in [0, 0.1) is 0 Å². The first-order valence-corrected chi connectivity index (χ1v) is 3.27. The summed E-state index contributed by atoms with van der Waals surface area (Å²) >= 11 is 0. The predicted molar refractivity (Wildman–Crippen MR) is 40.3 cm³/mol. The van der Waals surface area contributed by atoms with Crippen molar-refractivity contribution in [3.05, 3.63) is 0 Å². The van der Waals surface area contributed by atoms with Gasteiger partial charge in [0.15, 0.2) is 0 Å². The summed E-state index contributed by atoms with van der Waals surface area (Å²) < 4.78 is 25.1. The maximum absolute atomic E-state index is 12.6. The first-order valence-electron chi connectivity index (χ1n) is 3.27. The van der Waals surface area contributed by atoms with Crippen LogP contribution in [0.5, 0.6) is 0 Å². The predicted octanol–water partition coefficient (Wildman–Crippen LogP) is 0.740. The molecule has 0 aromatic carbocycles. The summed E-state index contributed by atoms with van der Waals surface area (Å²) in [4.78, 5) is 1.52. The molecule has 1 aliphatic rings. The number of aliphatic hydroxyl groups excluding tert-OH is 1. The number of aliphatic hydroxyl groups is 1. The first kappa shape index (κ1) is 11.1. The van der Waals surface area contributed by atoms with Crippen molar-refractivity contribution in [2.75, 3.05) is 20.1 Å². The molecule has 1 aliphatic heterocycles. The second-order valence-electron chi connectivity index (χ2n) is 2.80. The quantitative estimate of drug-likeness (QED) is 0.605. The van der Waals surface area contributed by atoms with Crippen LogP contribution in [0.2, 0.25) is 0 Å². The molecule has 0 amide bonds. The van der Waals surface area contributed by atoms with Gasteiger partial charge in [0.2, 0.25) is 0 Å². The van der Waals surface area contributed by atoms with Crippen LogP contribution >= 0.6 is 12.4 Å². The molecule has 1 N–H and O–H groups in total. The minimum absolute atomic E-state index is 0. The van der Waals surface area contributed by atoms with E-state index in [9.17, 15) is 8.78 Å². The number of hydrogen-bond donors (Lipinski definition) is 1. The van der Waals surface area contributed by atoms with Gasteiger partial charge in [-0.15, -0.1) is 12.4 Å². The lowest BCUT2D eigenvalue weighted by Crippen LogP contribution is -2.49. The molecule has 0 radical (unpaired) electrons. The largest absolute Gasteiger partial charge is 0.387 e. The summed E-state index contributed by atoms with van der Waals surface area (Å²) in [7, 11) is 1.62. The monoisotopic (exact) mass is 187 g/mol. The van der Waals surface area contributed by atoms with E-state index in [2.05, 4.69) is 0 Å². The van der Waals surface area contributed by atoms with Crippen LogP contribution in [0.3, 0.4) is 0 Å². The van der Waals surface area contributed by atoms with Crippen molar-refractivity contribution in [2.24, 2.45) is 0 Å². The number of likely N-dealkylation sites (tertiary alicyclic amines) is 1. The van der Waals surface area contributed by atoms with Crippen molar-refractivity contribution < 1.29 is 13.9 Å². The Bertz CT molecular complexity index is 134. The molecule has 0 aromatic rings. The summed E-state index contributed by atoms with van der Waals surface area (Å²) in [5.74, 6) is -2.91. The van der Waals surface area contributed by atoms with Gasteiger partial charge in [-0.05, 0) is 13.5 Å².